The normalized spacial score (nSPS) is 15.2. The van der Waals surface area contributed by atoms with Gasteiger partial charge in [-0.05, 0) is 18.6 Å². The summed E-state index contributed by atoms with van der Waals surface area (Å²) in [7, 11) is 0. The van der Waals surface area contributed by atoms with Crippen molar-refractivity contribution in [2.45, 2.75) is 13.3 Å². The molecule has 0 fully saturated rings. The molecule has 0 aliphatic carbocycles. The van der Waals surface area contributed by atoms with E-state index < -0.39 is 5.97 Å². The third kappa shape index (κ3) is 1.22. The molecule has 0 amide bonds. The summed E-state index contributed by atoms with van der Waals surface area (Å²) < 4.78 is 4.92. The minimum Gasteiger partial charge on any atom is -0.425 e. The fourth-order valence-electron chi connectivity index (χ4n) is 1.46. The Hall–Kier alpha value is -1.64. The average Bonchev–Trinajstić information content (AvgIpc) is 2.02. The highest BCUT2D eigenvalue weighted by Gasteiger charge is 2.25. The quantitative estimate of drug-likeness (QED) is 0.341. The lowest BCUT2D eigenvalue weighted by Crippen LogP contribution is -2.22. The predicted molar refractivity (Wildman–Crippen MR) is 45.8 cm³/mol. The number of ketones is 1. The van der Waals surface area contributed by atoms with Crippen molar-refractivity contribution in [3.8, 4) is 5.75 Å². The van der Waals surface area contributed by atoms with E-state index in [4.69, 9.17) is 4.74 Å². The molecule has 0 spiro atoms. The lowest BCUT2D eigenvalue weighted by molar-refractivity contribution is -0.133. The van der Waals surface area contributed by atoms with Crippen LogP contribution in [0.2, 0.25) is 0 Å². The number of carbonyl (C=O) groups is 2. The monoisotopic (exact) mass is 176 g/mol. The van der Waals surface area contributed by atoms with Crippen molar-refractivity contribution in [2.75, 3.05) is 0 Å². The van der Waals surface area contributed by atoms with Gasteiger partial charge in [0.25, 0.3) is 0 Å². The predicted octanol–water partition coefficient (Wildman–Crippen LogP) is 1.49. The first kappa shape index (κ1) is 7.98. The van der Waals surface area contributed by atoms with E-state index >= 15 is 0 Å². The average molecular weight is 176 g/mol. The molecular weight excluding hydrogens is 168 g/mol. The fourth-order valence-corrected chi connectivity index (χ4v) is 1.46. The van der Waals surface area contributed by atoms with E-state index in [2.05, 4.69) is 0 Å². The molecule has 0 radical (unpaired) electrons. The Morgan fingerprint density at radius 3 is 2.85 bits per heavy atom. The van der Waals surface area contributed by atoms with Crippen LogP contribution >= 0.6 is 0 Å². The molecule has 1 heterocycles. The first-order valence-electron chi connectivity index (χ1n) is 4.02. The second kappa shape index (κ2) is 2.69. The lowest BCUT2D eigenvalue weighted by atomic mass is 10.00. The SMILES string of the molecule is Cc1cccc2c1C(=O)CC(=O)O2. The van der Waals surface area contributed by atoms with Gasteiger partial charge in [-0.1, -0.05) is 12.1 Å². The minimum atomic E-state index is -0.469. The molecule has 0 aromatic heterocycles. The summed E-state index contributed by atoms with van der Waals surface area (Å²) in [5.41, 5.74) is 1.40. The molecule has 3 heteroatoms. The van der Waals surface area contributed by atoms with Gasteiger partial charge < -0.3 is 4.74 Å². The van der Waals surface area contributed by atoms with Crippen LogP contribution in [0.4, 0.5) is 0 Å². The molecule has 0 N–H and O–H groups in total. The maximum Gasteiger partial charge on any atom is 0.319 e. The second-order valence-corrected chi connectivity index (χ2v) is 3.02. The van der Waals surface area contributed by atoms with Crippen LogP contribution < -0.4 is 4.74 Å². The minimum absolute atomic E-state index is 0.141. The van der Waals surface area contributed by atoms with Crippen LogP contribution in [0.15, 0.2) is 18.2 Å². The van der Waals surface area contributed by atoms with Crippen LogP contribution in [0.5, 0.6) is 5.75 Å². The van der Waals surface area contributed by atoms with Gasteiger partial charge in [0.2, 0.25) is 0 Å². The number of hydrogen-bond donors (Lipinski definition) is 0. The van der Waals surface area contributed by atoms with Gasteiger partial charge in [-0.25, -0.2) is 0 Å². The zero-order valence-electron chi connectivity index (χ0n) is 7.16. The molecule has 0 unspecified atom stereocenters. The van der Waals surface area contributed by atoms with E-state index in [0.717, 1.165) is 5.56 Å². The molecule has 66 valence electrons. The van der Waals surface area contributed by atoms with Gasteiger partial charge in [0.05, 0.1) is 5.56 Å². The third-order valence-corrected chi connectivity index (χ3v) is 2.04. The Morgan fingerprint density at radius 2 is 2.08 bits per heavy atom. The number of aryl methyl sites for hydroxylation is 1. The van der Waals surface area contributed by atoms with Crippen LogP contribution in [-0.4, -0.2) is 11.8 Å². The summed E-state index contributed by atoms with van der Waals surface area (Å²) >= 11 is 0. The van der Waals surface area contributed by atoms with E-state index in [-0.39, 0.29) is 12.2 Å². The summed E-state index contributed by atoms with van der Waals surface area (Å²) in [4.78, 5) is 22.3. The maximum absolute atomic E-state index is 11.4. The van der Waals surface area contributed by atoms with Crippen molar-refractivity contribution in [1.82, 2.24) is 0 Å². The second-order valence-electron chi connectivity index (χ2n) is 3.02. The summed E-state index contributed by atoms with van der Waals surface area (Å²) in [6, 6.07) is 5.23. The number of rotatable bonds is 0. The number of esters is 1. The molecule has 1 aliphatic rings. The van der Waals surface area contributed by atoms with Crippen molar-refractivity contribution in [3.63, 3.8) is 0 Å². The standard InChI is InChI=1S/C10H8O3/c1-6-3-2-4-8-10(6)7(11)5-9(12)13-8/h2-4H,5H2,1H3. The van der Waals surface area contributed by atoms with Crippen LogP contribution in [0.25, 0.3) is 0 Å². The first-order chi connectivity index (χ1) is 6.18. The van der Waals surface area contributed by atoms with Gasteiger partial charge in [0.15, 0.2) is 5.78 Å². The van der Waals surface area contributed by atoms with Crippen LogP contribution in [0, 0.1) is 6.92 Å². The van der Waals surface area contributed by atoms with Gasteiger partial charge in [-0.2, -0.15) is 0 Å². The van der Waals surface area contributed by atoms with Crippen LogP contribution in [0.3, 0.4) is 0 Å². The number of benzene rings is 1. The topological polar surface area (TPSA) is 43.4 Å². The van der Waals surface area contributed by atoms with Crippen molar-refractivity contribution in [2.24, 2.45) is 0 Å². The number of Topliss-reactive ketones (excluding diaryl/α,β-unsaturated/α-hetero) is 1. The summed E-state index contributed by atoms with van der Waals surface area (Å²) in [5, 5.41) is 0. The van der Waals surface area contributed by atoms with Crippen molar-refractivity contribution >= 4 is 11.8 Å². The van der Waals surface area contributed by atoms with Gasteiger partial charge in [0.1, 0.15) is 12.2 Å². The molecular formula is C10H8O3. The molecule has 0 saturated carbocycles. The molecule has 0 saturated heterocycles. The molecule has 0 bridgehead atoms. The van der Waals surface area contributed by atoms with E-state index in [1.165, 1.54) is 0 Å². The Kier molecular flexibility index (Phi) is 1.65. The Bertz CT molecular complexity index is 393. The molecule has 3 nitrogen and oxygen atoms in total. The number of fused-ring (bicyclic) bond motifs is 1. The van der Waals surface area contributed by atoms with Gasteiger partial charge in [-0.15, -0.1) is 0 Å². The largest absolute Gasteiger partial charge is 0.425 e. The molecule has 1 aromatic rings. The Balaban J connectivity index is 2.61. The lowest BCUT2D eigenvalue weighted by Gasteiger charge is -2.15. The van der Waals surface area contributed by atoms with Gasteiger partial charge in [-0.3, -0.25) is 9.59 Å². The summed E-state index contributed by atoms with van der Waals surface area (Å²) in [6.45, 7) is 1.83. The summed E-state index contributed by atoms with van der Waals surface area (Å²) in [6.07, 6.45) is -0.141. The molecule has 1 aromatic carbocycles. The molecule has 2 rings (SSSR count). The Labute approximate surface area is 75.3 Å². The van der Waals surface area contributed by atoms with Crippen LogP contribution in [-0.2, 0) is 4.79 Å². The van der Waals surface area contributed by atoms with E-state index in [0.29, 0.717) is 11.3 Å². The van der Waals surface area contributed by atoms with E-state index in [1.807, 2.05) is 13.0 Å². The molecule has 0 atom stereocenters. The van der Waals surface area contributed by atoms with Crippen molar-refractivity contribution < 1.29 is 14.3 Å². The zero-order chi connectivity index (χ0) is 9.42. The van der Waals surface area contributed by atoms with E-state index in [1.54, 1.807) is 12.1 Å². The highest BCUT2D eigenvalue weighted by molar-refractivity contribution is 6.11. The van der Waals surface area contributed by atoms with Gasteiger partial charge in [0, 0.05) is 0 Å². The van der Waals surface area contributed by atoms with Crippen molar-refractivity contribution in [3.05, 3.63) is 29.3 Å². The zero-order valence-corrected chi connectivity index (χ0v) is 7.16. The number of carbonyl (C=O) groups excluding carboxylic acids is 2. The molecule has 13 heavy (non-hydrogen) atoms. The fraction of sp³-hybridized carbons (Fsp3) is 0.200. The first-order valence-corrected chi connectivity index (χ1v) is 4.02. The third-order valence-electron chi connectivity index (χ3n) is 2.04. The Morgan fingerprint density at radius 1 is 1.31 bits per heavy atom. The number of ether oxygens (including phenoxy) is 1. The maximum atomic E-state index is 11.4. The highest BCUT2D eigenvalue weighted by atomic mass is 16.5. The highest BCUT2D eigenvalue weighted by Crippen LogP contribution is 2.27. The van der Waals surface area contributed by atoms with E-state index in [9.17, 15) is 9.59 Å². The molecule has 1 aliphatic heterocycles. The van der Waals surface area contributed by atoms with Gasteiger partial charge >= 0.3 is 5.97 Å². The smallest absolute Gasteiger partial charge is 0.319 e. The van der Waals surface area contributed by atoms with Crippen molar-refractivity contribution in [1.29, 1.82) is 0 Å². The summed E-state index contributed by atoms with van der Waals surface area (Å²) in [5.74, 6) is -0.228. The van der Waals surface area contributed by atoms with Crippen LogP contribution in [0.1, 0.15) is 22.3 Å². The number of hydrogen-bond acceptors (Lipinski definition) is 3.